The van der Waals surface area contributed by atoms with Crippen LogP contribution < -0.4 is 5.32 Å². The molecule has 0 amide bonds. The summed E-state index contributed by atoms with van der Waals surface area (Å²) in [6, 6.07) is 13.0. The van der Waals surface area contributed by atoms with Gasteiger partial charge in [0.2, 0.25) is 0 Å². The van der Waals surface area contributed by atoms with Crippen molar-refractivity contribution in [3.8, 4) is 0 Å². The van der Waals surface area contributed by atoms with Gasteiger partial charge < -0.3 is 9.87 Å². The summed E-state index contributed by atoms with van der Waals surface area (Å²) in [5.41, 5.74) is 4.73. The predicted molar refractivity (Wildman–Crippen MR) is 73.3 cm³/mol. The van der Waals surface area contributed by atoms with Crippen molar-refractivity contribution >= 4 is 28.0 Å². The Morgan fingerprint density at radius 2 is 1.78 bits per heavy atom. The fraction of sp³-hybridized carbons (Fsp3) is 0. The van der Waals surface area contributed by atoms with Gasteiger partial charge in [-0.1, -0.05) is 30.8 Å². The van der Waals surface area contributed by atoms with Crippen LogP contribution >= 0.6 is 0 Å². The molecule has 1 aliphatic rings. The first-order chi connectivity index (χ1) is 8.66. The van der Waals surface area contributed by atoms with Crippen LogP contribution in [0.3, 0.4) is 0 Å². The van der Waals surface area contributed by atoms with E-state index < -0.39 is 11.1 Å². The van der Waals surface area contributed by atoms with Gasteiger partial charge in [0.1, 0.15) is 0 Å². The molecule has 0 bridgehead atoms. The molecule has 0 aromatic heterocycles. The molecule has 2 N–H and O–H groups in total. The zero-order valence-electron chi connectivity index (χ0n) is 9.51. The van der Waals surface area contributed by atoms with Gasteiger partial charge in [-0.15, -0.1) is 0 Å². The van der Waals surface area contributed by atoms with Crippen LogP contribution in [0, 0.1) is 0 Å². The minimum Gasteiger partial charge on any atom is -0.354 e. The molecule has 3 rings (SSSR count). The fourth-order valence-corrected chi connectivity index (χ4v) is 2.55. The van der Waals surface area contributed by atoms with E-state index in [0.717, 1.165) is 28.1 Å². The summed E-state index contributed by atoms with van der Waals surface area (Å²) in [4.78, 5) is 0.383. The van der Waals surface area contributed by atoms with Crippen molar-refractivity contribution in [3.05, 3.63) is 60.2 Å². The van der Waals surface area contributed by atoms with Gasteiger partial charge in [-0.3, -0.25) is 0 Å². The Balaban J connectivity index is 2.16. The molecule has 4 heteroatoms. The SMILES string of the molecule is C=C1c2ccccc2Nc2cc(S(=O)O)ccc21. The molecule has 0 aliphatic carbocycles. The minimum atomic E-state index is -1.97. The van der Waals surface area contributed by atoms with Crippen LogP contribution in [0.5, 0.6) is 0 Å². The number of nitrogens with one attached hydrogen (secondary N) is 1. The number of anilines is 2. The fourth-order valence-electron chi connectivity index (χ4n) is 2.14. The van der Waals surface area contributed by atoms with Gasteiger partial charge in [0.05, 0.1) is 4.90 Å². The largest absolute Gasteiger partial charge is 0.354 e. The summed E-state index contributed by atoms with van der Waals surface area (Å²) < 4.78 is 20.2. The van der Waals surface area contributed by atoms with Crippen molar-refractivity contribution in [1.29, 1.82) is 0 Å². The average molecular weight is 257 g/mol. The molecule has 0 fully saturated rings. The molecule has 18 heavy (non-hydrogen) atoms. The van der Waals surface area contributed by atoms with Crippen molar-refractivity contribution in [2.24, 2.45) is 0 Å². The van der Waals surface area contributed by atoms with E-state index in [1.54, 1.807) is 12.1 Å². The predicted octanol–water partition coefficient (Wildman–Crippen LogP) is 3.39. The zero-order valence-corrected chi connectivity index (χ0v) is 10.3. The molecule has 0 spiro atoms. The van der Waals surface area contributed by atoms with Crippen LogP contribution in [0.1, 0.15) is 11.1 Å². The molecule has 0 radical (unpaired) electrons. The van der Waals surface area contributed by atoms with Crippen LogP contribution in [-0.4, -0.2) is 8.76 Å². The summed E-state index contributed by atoms with van der Waals surface area (Å²) in [5, 5.41) is 3.26. The first-order valence-electron chi connectivity index (χ1n) is 5.47. The van der Waals surface area contributed by atoms with Crippen molar-refractivity contribution in [1.82, 2.24) is 0 Å². The quantitative estimate of drug-likeness (QED) is 0.657. The highest BCUT2D eigenvalue weighted by Crippen LogP contribution is 2.39. The summed E-state index contributed by atoms with van der Waals surface area (Å²) in [5.74, 6) is 0. The van der Waals surface area contributed by atoms with Crippen LogP contribution in [0.2, 0.25) is 0 Å². The smallest absolute Gasteiger partial charge is 0.186 e. The number of rotatable bonds is 1. The number of para-hydroxylation sites is 1. The Labute approximate surface area is 107 Å². The standard InChI is InChI=1S/C14H11NO2S/c1-9-11-4-2-3-5-13(11)15-14-8-10(18(16)17)6-7-12(9)14/h2-8,15H,1H2,(H,16,17). The van der Waals surface area contributed by atoms with Gasteiger partial charge in [0, 0.05) is 22.5 Å². The van der Waals surface area contributed by atoms with Gasteiger partial charge in [-0.2, -0.15) is 0 Å². The third kappa shape index (κ3) is 1.66. The van der Waals surface area contributed by atoms with Crippen molar-refractivity contribution < 1.29 is 8.76 Å². The maximum absolute atomic E-state index is 11.1. The van der Waals surface area contributed by atoms with Crippen LogP contribution in [0.4, 0.5) is 11.4 Å². The lowest BCUT2D eigenvalue weighted by molar-refractivity contribution is 0.564. The number of fused-ring (bicyclic) bond motifs is 2. The molecule has 1 heterocycles. The number of hydrogen-bond donors (Lipinski definition) is 2. The Bertz CT molecular complexity index is 679. The first kappa shape index (κ1) is 11.2. The second-order valence-corrected chi connectivity index (χ2v) is 5.08. The molecule has 1 atom stereocenters. The van der Waals surface area contributed by atoms with Crippen LogP contribution in [0.25, 0.3) is 5.57 Å². The van der Waals surface area contributed by atoms with Gasteiger partial charge in [0.15, 0.2) is 11.1 Å². The minimum absolute atomic E-state index is 0.383. The molecular formula is C14H11NO2S. The summed E-state index contributed by atoms with van der Waals surface area (Å²) in [7, 11) is 0. The first-order valence-corrected chi connectivity index (χ1v) is 6.58. The molecule has 3 nitrogen and oxygen atoms in total. The van der Waals surface area contributed by atoms with Crippen LogP contribution in [0.15, 0.2) is 53.9 Å². The van der Waals surface area contributed by atoms with Gasteiger partial charge >= 0.3 is 0 Å². The zero-order chi connectivity index (χ0) is 12.7. The highest BCUT2D eigenvalue weighted by molar-refractivity contribution is 7.79. The third-order valence-corrected chi connectivity index (χ3v) is 3.70. The highest BCUT2D eigenvalue weighted by atomic mass is 32.2. The van der Waals surface area contributed by atoms with E-state index in [1.807, 2.05) is 30.3 Å². The summed E-state index contributed by atoms with van der Waals surface area (Å²) in [6.45, 7) is 4.09. The lowest BCUT2D eigenvalue weighted by Gasteiger charge is -2.23. The van der Waals surface area contributed by atoms with E-state index in [9.17, 15) is 4.21 Å². The lowest BCUT2D eigenvalue weighted by atomic mass is 9.93. The summed E-state index contributed by atoms with van der Waals surface area (Å²) >= 11 is -1.97. The van der Waals surface area contributed by atoms with Crippen molar-refractivity contribution in [2.45, 2.75) is 4.90 Å². The van der Waals surface area contributed by atoms with Crippen molar-refractivity contribution in [3.63, 3.8) is 0 Å². The molecule has 1 unspecified atom stereocenters. The molecular weight excluding hydrogens is 246 g/mol. The summed E-state index contributed by atoms with van der Waals surface area (Å²) in [6.07, 6.45) is 0. The maximum Gasteiger partial charge on any atom is 0.186 e. The van der Waals surface area contributed by atoms with E-state index in [-0.39, 0.29) is 0 Å². The van der Waals surface area contributed by atoms with Gasteiger partial charge in [-0.05, 0) is 23.8 Å². The average Bonchev–Trinajstić information content (AvgIpc) is 2.38. The van der Waals surface area contributed by atoms with Gasteiger partial charge in [-0.25, -0.2) is 4.21 Å². The monoisotopic (exact) mass is 257 g/mol. The maximum atomic E-state index is 11.1. The second-order valence-electron chi connectivity index (χ2n) is 4.11. The lowest BCUT2D eigenvalue weighted by Crippen LogP contribution is -2.06. The Kier molecular flexibility index (Phi) is 2.54. The Morgan fingerprint density at radius 3 is 2.56 bits per heavy atom. The van der Waals surface area contributed by atoms with Gasteiger partial charge in [0.25, 0.3) is 0 Å². The topological polar surface area (TPSA) is 49.3 Å². The molecule has 1 aliphatic heterocycles. The number of hydrogen-bond acceptors (Lipinski definition) is 2. The molecule has 0 saturated heterocycles. The second kappa shape index (κ2) is 4.08. The molecule has 90 valence electrons. The van der Waals surface area contributed by atoms with E-state index in [0.29, 0.717) is 4.90 Å². The third-order valence-electron chi connectivity index (χ3n) is 3.04. The molecule has 2 aromatic carbocycles. The van der Waals surface area contributed by atoms with E-state index >= 15 is 0 Å². The normalized spacial score (nSPS) is 14.4. The van der Waals surface area contributed by atoms with E-state index in [4.69, 9.17) is 4.55 Å². The van der Waals surface area contributed by atoms with E-state index in [1.165, 1.54) is 0 Å². The van der Waals surface area contributed by atoms with E-state index in [2.05, 4.69) is 11.9 Å². The number of benzene rings is 2. The highest BCUT2D eigenvalue weighted by Gasteiger charge is 2.18. The van der Waals surface area contributed by atoms with Crippen LogP contribution in [-0.2, 0) is 11.1 Å². The van der Waals surface area contributed by atoms with Crippen molar-refractivity contribution in [2.75, 3.05) is 5.32 Å². The molecule has 2 aromatic rings. The molecule has 0 saturated carbocycles. The Hall–Kier alpha value is -1.91. The Morgan fingerprint density at radius 1 is 1.06 bits per heavy atom.